The van der Waals surface area contributed by atoms with Crippen molar-refractivity contribution in [2.45, 2.75) is 31.6 Å². The molecule has 12 heavy (non-hydrogen) atoms. The van der Waals surface area contributed by atoms with Crippen molar-refractivity contribution in [2.24, 2.45) is 0 Å². The summed E-state index contributed by atoms with van der Waals surface area (Å²) in [6.07, 6.45) is 3.69. The molecule has 1 saturated carbocycles. The van der Waals surface area contributed by atoms with Gasteiger partial charge in [-0.2, -0.15) is 0 Å². The van der Waals surface area contributed by atoms with Gasteiger partial charge in [-0.15, -0.1) is 0 Å². The molecule has 0 aromatic heterocycles. The first-order valence-corrected chi connectivity index (χ1v) is 4.47. The van der Waals surface area contributed by atoms with Crippen molar-refractivity contribution in [1.29, 1.82) is 0 Å². The lowest BCUT2D eigenvalue weighted by Gasteiger charge is -2.38. The number of hydrogen-bond donors (Lipinski definition) is 0. The molecular weight excluding hydrogens is 151 g/mol. The van der Waals surface area contributed by atoms with Crippen molar-refractivity contribution < 1.29 is 4.39 Å². The third-order valence-electron chi connectivity index (χ3n) is 2.98. The van der Waals surface area contributed by atoms with E-state index in [1.54, 1.807) is 12.1 Å². The van der Waals surface area contributed by atoms with Crippen LogP contribution in [-0.4, -0.2) is 0 Å². The molecular formula is C11H13F. The minimum absolute atomic E-state index is 0.111. The second-order valence-corrected chi connectivity index (χ2v) is 3.92. The van der Waals surface area contributed by atoms with Crippen LogP contribution in [-0.2, 0) is 5.41 Å². The lowest BCUT2D eigenvalue weighted by Crippen LogP contribution is -2.30. The Morgan fingerprint density at radius 2 is 2.08 bits per heavy atom. The fourth-order valence-corrected chi connectivity index (χ4v) is 1.86. The molecule has 1 aromatic rings. The van der Waals surface area contributed by atoms with E-state index in [-0.39, 0.29) is 11.2 Å². The summed E-state index contributed by atoms with van der Waals surface area (Å²) >= 11 is 0. The zero-order chi connectivity index (χ0) is 8.60. The molecule has 0 saturated heterocycles. The number of hydrogen-bond acceptors (Lipinski definition) is 0. The first-order valence-electron chi connectivity index (χ1n) is 4.47. The second-order valence-electron chi connectivity index (χ2n) is 3.92. The Morgan fingerprint density at radius 3 is 2.58 bits per heavy atom. The van der Waals surface area contributed by atoms with Gasteiger partial charge in [-0.25, -0.2) is 4.39 Å². The van der Waals surface area contributed by atoms with Crippen molar-refractivity contribution in [3.8, 4) is 0 Å². The van der Waals surface area contributed by atoms with Crippen molar-refractivity contribution in [1.82, 2.24) is 0 Å². The van der Waals surface area contributed by atoms with E-state index >= 15 is 0 Å². The molecule has 0 radical (unpaired) electrons. The smallest absolute Gasteiger partial charge is 0.123 e. The van der Waals surface area contributed by atoms with Crippen LogP contribution in [0.4, 0.5) is 4.39 Å². The summed E-state index contributed by atoms with van der Waals surface area (Å²) in [5, 5.41) is 0. The van der Waals surface area contributed by atoms with Crippen molar-refractivity contribution in [3.05, 3.63) is 35.6 Å². The zero-order valence-corrected chi connectivity index (χ0v) is 7.31. The number of benzene rings is 1. The highest BCUT2D eigenvalue weighted by Gasteiger charge is 2.33. The van der Waals surface area contributed by atoms with Crippen LogP contribution in [0, 0.1) is 5.82 Å². The summed E-state index contributed by atoms with van der Waals surface area (Å²) in [7, 11) is 0. The van der Waals surface area contributed by atoms with E-state index in [4.69, 9.17) is 0 Å². The van der Waals surface area contributed by atoms with Crippen molar-refractivity contribution >= 4 is 0 Å². The minimum Gasteiger partial charge on any atom is -0.207 e. The van der Waals surface area contributed by atoms with E-state index in [9.17, 15) is 4.39 Å². The van der Waals surface area contributed by atoms with Gasteiger partial charge in [0, 0.05) is 0 Å². The number of halogens is 1. The van der Waals surface area contributed by atoms with Crippen molar-refractivity contribution in [2.75, 3.05) is 0 Å². The molecule has 0 nitrogen and oxygen atoms in total. The van der Waals surface area contributed by atoms with Crippen LogP contribution in [0.2, 0.25) is 0 Å². The maximum absolute atomic E-state index is 12.9. The minimum atomic E-state index is -0.111. The molecule has 64 valence electrons. The Hall–Kier alpha value is -0.850. The summed E-state index contributed by atoms with van der Waals surface area (Å²) < 4.78 is 12.9. The highest BCUT2D eigenvalue weighted by atomic mass is 19.1. The van der Waals surface area contributed by atoms with Gasteiger partial charge in [0.25, 0.3) is 0 Å². The summed E-state index contributed by atoms with van der Waals surface area (Å²) in [5.74, 6) is -0.111. The van der Waals surface area contributed by atoms with Gasteiger partial charge in [-0.1, -0.05) is 25.5 Å². The molecule has 1 aliphatic carbocycles. The van der Waals surface area contributed by atoms with Crippen LogP contribution in [0.25, 0.3) is 0 Å². The van der Waals surface area contributed by atoms with Crippen LogP contribution >= 0.6 is 0 Å². The molecule has 1 aliphatic rings. The van der Waals surface area contributed by atoms with Gasteiger partial charge in [0.05, 0.1) is 0 Å². The molecule has 0 aliphatic heterocycles. The average Bonchev–Trinajstić information content (AvgIpc) is 2.00. The van der Waals surface area contributed by atoms with Crippen LogP contribution in [0.15, 0.2) is 24.3 Å². The van der Waals surface area contributed by atoms with Crippen LogP contribution in [0.1, 0.15) is 31.7 Å². The Balaban J connectivity index is 2.33. The fraction of sp³-hybridized carbons (Fsp3) is 0.455. The summed E-state index contributed by atoms with van der Waals surface area (Å²) in [6.45, 7) is 2.21. The fourth-order valence-electron chi connectivity index (χ4n) is 1.86. The van der Waals surface area contributed by atoms with Gasteiger partial charge in [-0.05, 0) is 36.0 Å². The average molecular weight is 164 g/mol. The Morgan fingerprint density at radius 1 is 1.33 bits per heavy atom. The third kappa shape index (κ3) is 1.13. The largest absolute Gasteiger partial charge is 0.207 e. The topological polar surface area (TPSA) is 0 Å². The molecule has 1 aromatic carbocycles. The second kappa shape index (κ2) is 2.58. The number of rotatable bonds is 1. The van der Waals surface area contributed by atoms with Crippen LogP contribution in [0.5, 0.6) is 0 Å². The van der Waals surface area contributed by atoms with Gasteiger partial charge in [0.15, 0.2) is 0 Å². The van der Waals surface area contributed by atoms with Crippen molar-refractivity contribution in [3.63, 3.8) is 0 Å². The molecule has 0 amide bonds. The van der Waals surface area contributed by atoms with E-state index in [1.807, 2.05) is 6.07 Å². The van der Waals surface area contributed by atoms with E-state index in [2.05, 4.69) is 6.92 Å². The molecule has 1 fully saturated rings. The van der Waals surface area contributed by atoms with E-state index in [0.29, 0.717) is 0 Å². The van der Waals surface area contributed by atoms with Crippen LogP contribution in [0.3, 0.4) is 0 Å². The molecule has 1 heteroatoms. The molecule has 0 heterocycles. The van der Waals surface area contributed by atoms with E-state index in [1.165, 1.54) is 25.3 Å². The van der Waals surface area contributed by atoms with E-state index in [0.717, 1.165) is 5.56 Å². The first-order chi connectivity index (χ1) is 5.71. The monoisotopic (exact) mass is 164 g/mol. The molecule has 0 bridgehead atoms. The van der Waals surface area contributed by atoms with E-state index < -0.39 is 0 Å². The summed E-state index contributed by atoms with van der Waals surface area (Å²) in [5.41, 5.74) is 1.43. The molecule has 0 spiro atoms. The summed E-state index contributed by atoms with van der Waals surface area (Å²) in [4.78, 5) is 0. The predicted octanol–water partition coefficient (Wildman–Crippen LogP) is 3.27. The lowest BCUT2D eigenvalue weighted by molar-refractivity contribution is 0.271. The molecule has 0 atom stereocenters. The maximum atomic E-state index is 12.9. The lowest BCUT2D eigenvalue weighted by atomic mass is 9.66. The predicted molar refractivity (Wildman–Crippen MR) is 47.6 cm³/mol. The quantitative estimate of drug-likeness (QED) is 0.597. The standard InChI is InChI=1S/C11H13F/c1-11(6-3-7-11)9-4-2-5-10(12)8-9/h2,4-5,8H,3,6-7H2,1H3. The Labute approximate surface area is 72.4 Å². The molecule has 0 unspecified atom stereocenters. The van der Waals surface area contributed by atoms with Crippen LogP contribution < -0.4 is 0 Å². The SMILES string of the molecule is CC1(c2cccc(F)c2)CCC1. The molecule has 2 rings (SSSR count). The Kier molecular flexibility index (Phi) is 1.67. The Bertz CT molecular complexity index is 287. The van der Waals surface area contributed by atoms with Gasteiger partial charge in [0.2, 0.25) is 0 Å². The highest BCUT2D eigenvalue weighted by molar-refractivity contribution is 5.27. The van der Waals surface area contributed by atoms with Gasteiger partial charge in [0.1, 0.15) is 5.82 Å². The van der Waals surface area contributed by atoms with Gasteiger partial charge < -0.3 is 0 Å². The van der Waals surface area contributed by atoms with Gasteiger partial charge in [-0.3, -0.25) is 0 Å². The third-order valence-corrected chi connectivity index (χ3v) is 2.98. The zero-order valence-electron chi connectivity index (χ0n) is 7.31. The first kappa shape index (κ1) is 7.78. The molecule has 0 N–H and O–H groups in total. The highest BCUT2D eigenvalue weighted by Crippen LogP contribution is 2.43. The van der Waals surface area contributed by atoms with Gasteiger partial charge >= 0.3 is 0 Å². The normalized spacial score (nSPS) is 20.2. The summed E-state index contributed by atoms with van der Waals surface area (Å²) in [6, 6.07) is 7.00. The maximum Gasteiger partial charge on any atom is 0.123 e.